The van der Waals surface area contributed by atoms with E-state index in [4.69, 9.17) is 5.11 Å². The molecule has 0 aliphatic carbocycles. The van der Waals surface area contributed by atoms with Crippen molar-refractivity contribution in [1.29, 1.82) is 0 Å². The Hall–Kier alpha value is -0.910. The SMILES string of the molecule is CCN(C)S(=O)(=O)c1ccc(CCCO)cc1. The van der Waals surface area contributed by atoms with Gasteiger partial charge < -0.3 is 5.11 Å². The highest BCUT2D eigenvalue weighted by molar-refractivity contribution is 7.89. The summed E-state index contributed by atoms with van der Waals surface area (Å²) in [6, 6.07) is 6.83. The van der Waals surface area contributed by atoms with Crippen LogP contribution < -0.4 is 0 Å². The molecule has 0 aliphatic heterocycles. The smallest absolute Gasteiger partial charge is 0.242 e. The van der Waals surface area contributed by atoms with Gasteiger partial charge in [-0.2, -0.15) is 0 Å². The molecule has 17 heavy (non-hydrogen) atoms. The largest absolute Gasteiger partial charge is 0.396 e. The standard InChI is InChI=1S/C12H19NO3S/c1-3-13(2)17(15,16)12-8-6-11(7-9-12)5-4-10-14/h6-9,14H,3-5,10H2,1-2H3. The highest BCUT2D eigenvalue weighted by Gasteiger charge is 2.18. The topological polar surface area (TPSA) is 57.6 Å². The Morgan fingerprint density at radius 2 is 1.82 bits per heavy atom. The Kier molecular flexibility index (Phi) is 5.11. The van der Waals surface area contributed by atoms with Crippen LogP contribution in [0.1, 0.15) is 18.9 Å². The highest BCUT2D eigenvalue weighted by Crippen LogP contribution is 2.15. The number of sulfonamides is 1. The molecule has 0 aliphatic rings. The van der Waals surface area contributed by atoms with Crippen molar-refractivity contribution < 1.29 is 13.5 Å². The molecular weight excluding hydrogens is 238 g/mol. The van der Waals surface area contributed by atoms with Crippen LogP contribution in [0.15, 0.2) is 29.2 Å². The molecule has 0 saturated heterocycles. The van der Waals surface area contributed by atoms with Crippen molar-refractivity contribution in [2.75, 3.05) is 20.2 Å². The van der Waals surface area contributed by atoms with E-state index in [0.717, 1.165) is 12.0 Å². The fourth-order valence-corrected chi connectivity index (χ4v) is 2.64. The van der Waals surface area contributed by atoms with E-state index in [9.17, 15) is 8.42 Å². The van der Waals surface area contributed by atoms with Gasteiger partial charge >= 0.3 is 0 Å². The Bertz CT molecular complexity index is 439. The second-order valence-corrected chi connectivity index (χ2v) is 5.94. The van der Waals surface area contributed by atoms with Crippen LogP contribution in [0.5, 0.6) is 0 Å². The minimum atomic E-state index is -3.34. The lowest BCUT2D eigenvalue weighted by Crippen LogP contribution is -2.26. The van der Waals surface area contributed by atoms with Gasteiger partial charge in [0, 0.05) is 20.2 Å². The molecule has 0 unspecified atom stereocenters. The molecule has 0 fully saturated rings. The lowest BCUT2D eigenvalue weighted by Gasteiger charge is -2.14. The molecule has 96 valence electrons. The second kappa shape index (κ2) is 6.14. The molecule has 0 radical (unpaired) electrons. The zero-order chi connectivity index (χ0) is 12.9. The predicted octanol–water partition coefficient (Wildman–Crippen LogP) is 1.25. The normalized spacial score (nSPS) is 12.0. The number of aryl methyl sites for hydroxylation is 1. The monoisotopic (exact) mass is 257 g/mol. The summed E-state index contributed by atoms with van der Waals surface area (Å²) in [4.78, 5) is 0.314. The van der Waals surface area contributed by atoms with Crippen molar-refractivity contribution in [2.45, 2.75) is 24.7 Å². The summed E-state index contributed by atoms with van der Waals surface area (Å²) in [5.74, 6) is 0. The van der Waals surface area contributed by atoms with Crippen LogP contribution in [0.4, 0.5) is 0 Å². The third kappa shape index (κ3) is 3.52. The highest BCUT2D eigenvalue weighted by atomic mass is 32.2. The Balaban J connectivity index is 2.87. The molecule has 0 heterocycles. The maximum atomic E-state index is 12.0. The van der Waals surface area contributed by atoms with E-state index in [1.54, 1.807) is 38.2 Å². The quantitative estimate of drug-likeness (QED) is 0.834. The van der Waals surface area contributed by atoms with E-state index in [1.807, 2.05) is 0 Å². The lowest BCUT2D eigenvalue weighted by molar-refractivity contribution is 0.288. The van der Waals surface area contributed by atoms with E-state index in [0.29, 0.717) is 17.9 Å². The van der Waals surface area contributed by atoms with Crippen LogP contribution in [0.2, 0.25) is 0 Å². The average molecular weight is 257 g/mol. The Labute approximate surface area is 103 Å². The molecule has 0 saturated carbocycles. The molecule has 0 amide bonds. The molecule has 1 aromatic carbocycles. The molecule has 5 heteroatoms. The Morgan fingerprint density at radius 1 is 1.24 bits per heavy atom. The van der Waals surface area contributed by atoms with Gasteiger partial charge in [0.25, 0.3) is 0 Å². The second-order valence-electron chi connectivity index (χ2n) is 3.89. The van der Waals surface area contributed by atoms with Crippen molar-refractivity contribution in [1.82, 2.24) is 4.31 Å². The molecule has 1 N–H and O–H groups in total. The van der Waals surface area contributed by atoms with E-state index in [-0.39, 0.29) is 6.61 Å². The van der Waals surface area contributed by atoms with Gasteiger partial charge in [0.05, 0.1) is 4.90 Å². The van der Waals surface area contributed by atoms with Crippen molar-refractivity contribution in [3.63, 3.8) is 0 Å². The zero-order valence-electron chi connectivity index (χ0n) is 10.3. The molecule has 0 aromatic heterocycles. The van der Waals surface area contributed by atoms with Gasteiger partial charge in [-0.3, -0.25) is 0 Å². The fourth-order valence-electron chi connectivity index (χ4n) is 1.46. The number of hydrogen-bond acceptors (Lipinski definition) is 3. The summed E-state index contributed by atoms with van der Waals surface area (Å²) in [6.45, 7) is 2.40. The van der Waals surface area contributed by atoms with Gasteiger partial charge in [-0.15, -0.1) is 0 Å². The van der Waals surface area contributed by atoms with Crippen molar-refractivity contribution in [3.8, 4) is 0 Å². The maximum absolute atomic E-state index is 12.0. The molecule has 1 rings (SSSR count). The first-order chi connectivity index (χ1) is 8.02. The summed E-state index contributed by atoms with van der Waals surface area (Å²) in [6.07, 6.45) is 1.46. The third-order valence-electron chi connectivity index (χ3n) is 2.70. The fraction of sp³-hybridized carbons (Fsp3) is 0.500. The van der Waals surface area contributed by atoms with E-state index >= 15 is 0 Å². The molecular formula is C12H19NO3S. The molecule has 0 atom stereocenters. The third-order valence-corrected chi connectivity index (χ3v) is 4.65. The number of benzene rings is 1. The lowest BCUT2D eigenvalue weighted by atomic mass is 10.1. The molecule has 4 nitrogen and oxygen atoms in total. The van der Waals surface area contributed by atoms with Gasteiger partial charge in [0.15, 0.2) is 0 Å². The zero-order valence-corrected chi connectivity index (χ0v) is 11.1. The number of nitrogens with zero attached hydrogens (tertiary/aromatic N) is 1. The first kappa shape index (κ1) is 14.2. The van der Waals surface area contributed by atoms with Gasteiger partial charge in [-0.1, -0.05) is 19.1 Å². The van der Waals surface area contributed by atoms with Gasteiger partial charge in [0.1, 0.15) is 0 Å². The summed E-state index contributed by atoms with van der Waals surface area (Å²) >= 11 is 0. The van der Waals surface area contributed by atoms with Crippen LogP contribution >= 0.6 is 0 Å². The number of aliphatic hydroxyl groups excluding tert-OH is 1. The van der Waals surface area contributed by atoms with Crippen molar-refractivity contribution in [2.24, 2.45) is 0 Å². The number of aliphatic hydroxyl groups is 1. The van der Waals surface area contributed by atoms with Gasteiger partial charge in [-0.25, -0.2) is 12.7 Å². The molecule has 1 aromatic rings. The molecule has 0 spiro atoms. The van der Waals surface area contributed by atoms with Crippen molar-refractivity contribution >= 4 is 10.0 Å². The van der Waals surface area contributed by atoms with E-state index < -0.39 is 10.0 Å². The van der Waals surface area contributed by atoms with Crippen LogP contribution in [0, 0.1) is 0 Å². The van der Waals surface area contributed by atoms with Crippen LogP contribution in [0.25, 0.3) is 0 Å². The minimum absolute atomic E-state index is 0.151. The Morgan fingerprint density at radius 3 is 2.29 bits per heavy atom. The summed E-state index contributed by atoms with van der Waals surface area (Å²) in [5, 5.41) is 8.71. The van der Waals surface area contributed by atoms with Crippen LogP contribution in [0.3, 0.4) is 0 Å². The summed E-state index contributed by atoms with van der Waals surface area (Å²) in [5.41, 5.74) is 1.04. The first-order valence-corrected chi connectivity index (χ1v) is 7.12. The molecule has 0 bridgehead atoms. The van der Waals surface area contributed by atoms with Gasteiger partial charge in [0.2, 0.25) is 10.0 Å². The van der Waals surface area contributed by atoms with Crippen molar-refractivity contribution in [3.05, 3.63) is 29.8 Å². The summed E-state index contributed by atoms with van der Waals surface area (Å²) in [7, 11) is -1.78. The first-order valence-electron chi connectivity index (χ1n) is 5.68. The summed E-state index contributed by atoms with van der Waals surface area (Å²) < 4.78 is 25.3. The van der Waals surface area contributed by atoms with E-state index in [2.05, 4.69) is 0 Å². The maximum Gasteiger partial charge on any atom is 0.242 e. The van der Waals surface area contributed by atoms with E-state index in [1.165, 1.54) is 4.31 Å². The predicted molar refractivity (Wildman–Crippen MR) is 67.3 cm³/mol. The van der Waals surface area contributed by atoms with Gasteiger partial charge in [-0.05, 0) is 30.5 Å². The number of rotatable bonds is 6. The van der Waals surface area contributed by atoms with Crippen LogP contribution in [-0.4, -0.2) is 38.0 Å². The number of hydrogen-bond donors (Lipinski definition) is 1. The average Bonchev–Trinajstić information content (AvgIpc) is 2.35. The minimum Gasteiger partial charge on any atom is -0.396 e. The van der Waals surface area contributed by atoms with Crippen LogP contribution in [-0.2, 0) is 16.4 Å².